The van der Waals surface area contributed by atoms with Crippen molar-refractivity contribution in [1.29, 1.82) is 0 Å². The molecule has 4 heteroatoms. The Balaban J connectivity index is 2.85. The highest BCUT2D eigenvalue weighted by Gasteiger charge is 1.95. The summed E-state index contributed by atoms with van der Waals surface area (Å²) in [4.78, 5) is 10.1. The van der Waals surface area contributed by atoms with Gasteiger partial charge in [-0.25, -0.2) is 0 Å². The fourth-order valence-corrected chi connectivity index (χ4v) is 2.66. The lowest BCUT2D eigenvalue weighted by atomic mass is 10.4. The molecule has 0 fully saturated rings. The first-order valence-electron chi connectivity index (χ1n) is 3.73. The number of aliphatic carboxylic acids is 1. The zero-order valence-electron chi connectivity index (χ0n) is 6.71. The number of carboxylic acid groups (broad SMARTS) is 1. The minimum Gasteiger partial charge on any atom is -0.481 e. The zero-order valence-corrected chi connectivity index (χ0v) is 8.34. The van der Waals surface area contributed by atoms with Crippen molar-refractivity contribution < 1.29 is 9.90 Å². The van der Waals surface area contributed by atoms with Crippen LogP contribution in [0.15, 0.2) is 0 Å². The molecule has 0 aliphatic rings. The molecule has 0 amide bonds. The van der Waals surface area contributed by atoms with Gasteiger partial charge in [0.1, 0.15) is 0 Å². The summed E-state index contributed by atoms with van der Waals surface area (Å²) in [7, 11) is 3.43. The van der Waals surface area contributed by atoms with E-state index in [0.29, 0.717) is 0 Å². The van der Waals surface area contributed by atoms with E-state index in [1.807, 2.05) is 0 Å². The molecule has 0 aromatic rings. The maximum atomic E-state index is 10.1. The molecular weight excluding hydrogens is 180 g/mol. The predicted octanol–water partition coefficient (Wildman–Crippen LogP) is 2.64. The monoisotopic (exact) mass is 194 g/mol. The highest BCUT2D eigenvalue weighted by atomic mass is 33.1. The number of unbranched alkanes of at least 4 members (excludes halogenated alkanes) is 1. The maximum absolute atomic E-state index is 10.1. The molecule has 0 spiro atoms. The average molecular weight is 194 g/mol. The van der Waals surface area contributed by atoms with E-state index in [-0.39, 0.29) is 6.42 Å². The van der Waals surface area contributed by atoms with E-state index < -0.39 is 5.97 Å². The molecular formula is C7H14O2S2. The summed E-state index contributed by atoms with van der Waals surface area (Å²) in [5.74, 6) is 1.17. The van der Waals surface area contributed by atoms with Crippen LogP contribution in [0.5, 0.6) is 0 Å². The molecule has 0 rings (SSSR count). The summed E-state index contributed by atoms with van der Waals surface area (Å²) in [6.07, 6.45) is 2.72. The van der Waals surface area contributed by atoms with Crippen molar-refractivity contribution in [2.24, 2.45) is 0 Å². The lowest BCUT2D eigenvalue weighted by molar-refractivity contribution is -0.136. The van der Waals surface area contributed by atoms with E-state index in [1.165, 1.54) is 12.8 Å². The van der Waals surface area contributed by atoms with Crippen LogP contribution in [0.2, 0.25) is 0 Å². The zero-order chi connectivity index (χ0) is 8.53. The van der Waals surface area contributed by atoms with Crippen LogP contribution in [0.1, 0.15) is 26.2 Å². The number of hydrogen-bond donors (Lipinski definition) is 1. The minimum atomic E-state index is -0.700. The Hall–Kier alpha value is 0.170. The third-order valence-corrected chi connectivity index (χ3v) is 3.56. The number of carbonyl (C=O) groups is 1. The molecule has 0 saturated carbocycles. The summed E-state index contributed by atoms with van der Waals surface area (Å²) in [6.45, 7) is 2.16. The van der Waals surface area contributed by atoms with Gasteiger partial charge in [-0.1, -0.05) is 34.9 Å². The van der Waals surface area contributed by atoms with E-state index in [4.69, 9.17) is 5.11 Å². The first kappa shape index (κ1) is 11.2. The third-order valence-electron chi connectivity index (χ3n) is 1.06. The Kier molecular flexibility index (Phi) is 8.40. The van der Waals surface area contributed by atoms with Gasteiger partial charge in [0.25, 0.3) is 0 Å². The predicted molar refractivity (Wildman–Crippen MR) is 52.1 cm³/mol. The van der Waals surface area contributed by atoms with Crippen LogP contribution in [0.25, 0.3) is 0 Å². The Morgan fingerprint density at radius 2 is 2.00 bits per heavy atom. The first-order valence-corrected chi connectivity index (χ1v) is 6.22. The maximum Gasteiger partial charge on any atom is 0.304 e. The molecule has 0 bridgehead atoms. The Bertz CT molecular complexity index is 107. The fourth-order valence-electron chi connectivity index (χ4n) is 0.450. The quantitative estimate of drug-likeness (QED) is 0.499. The van der Waals surface area contributed by atoms with Crippen molar-refractivity contribution >= 4 is 27.6 Å². The van der Waals surface area contributed by atoms with E-state index in [0.717, 1.165) is 11.5 Å². The van der Waals surface area contributed by atoms with Crippen molar-refractivity contribution in [3.05, 3.63) is 0 Å². The smallest absolute Gasteiger partial charge is 0.304 e. The van der Waals surface area contributed by atoms with Crippen LogP contribution in [-0.2, 0) is 4.79 Å². The minimum absolute atomic E-state index is 0.282. The fraction of sp³-hybridized carbons (Fsp3) is 0.857. The molecule has 0 saturated heterocycles. The summed E-state index contributed by atoms with van der Waals surface area (Å²) in [6, 6.07) is 0. The van der Waals surface area contributed by atoms with Crippen molar-refractivity contribution in [2.75, 3.05) is 11.5 Å². The first-order chi connectivity index (χ1) is 5.27. The van der Waals surface area contributed by atoms with E-state index in [2.05, 4.69) is 6.92 Å². The third kappa shape index (κ3) is 10.2. The van der Waals surface area contributed by atoms with Crippen LogP contribution in [0.3, 0.4) is 0 Å². The summed E-state index contributed by atoms with van der Waals surface area (Å²) < 4.78 is 0. The highest BCUT2D eigenvalue weighted by Crippen LogP contribution is 2.22. The summed E-state index contributed by atoms with van der Waals surface area (Å²) in [5, 5.41) is 8.29. The van der Waals surface area contributed by atoms with Crippen LogP contribution in [0.4, 0.5) is 0 Å². The second-order valence-corrected chi connectivity index (χ2v) is 4.84. The topological polar surface area (TPSA) is 37.3 Å². The molecule has 0 aromatic carbocycles. The lowest BCUT2D eigenvalue weighted by Gasteiger charge is -1.96. The molecule has 0 radical (unpaired) electrons. The SMILES string of the molecule is CCCCSSCCC(=O)O. The van der Waals surface area contributed by atoms with Gasteiger partial charge < -0.3 is 5.11 Å². The normalized spacial score (nSPS) is 9.91. The van der Waals surface area contributed by atoms with Gasteiger partial charge in [-0.05, 0) is 6.42 Å². The number of carboxylic acids is 1. The molecule has 0 aliphatic heterocycles. The van der Waals surface area contributed by atoms with Crippen LogP contribution < -0.4 is 0 Å². The summed E-state index contributed by atoms with van der Waals surface area (Å²) >= 11 is 0. The van der Waals surface area contributed by atoms with Gasteiger partial charge in [0.15, 0.2) is 0 Å². The van der Waals surface area contributed by atoms with Crippen molar-refractivity contribution in [3.8, 4) is 0 Å². The van der Waals surface area contributed by atoms with Crippen LogP contribution >= 0.6 is 21.6 Å². The lowest BCUT2D eigenvalue weighted by Crippen LogP contribution is -1.94. The Labute approximate surface area is 75.5 Å². The molecule has 0 aromatic heterocycles. The number of rotatable bonds is 7. The van der Waals surface area contributed by atoms with Gasteiger partial charge in [-0.2, -0.15) is 0 Å². The molecule has 0 heterocycles. The van der Waals surface area contributed by atoms with Gasteiger partial charge in [0.05, 0.1) is 6.42 Å². The molecule has 0 atom stereocenters. The molecule has 2 nitrogen and oxygen atoms in total. The van der Waals surface area contributed by atoms with Gasteiger partial charge in [0.2, 0.25) is 0 Å². The molecule has 1 N–H and O–H groups in total. The molecule has 66 valence electrons. The number of hydrogen-bond acceptors (Lipinski definition) is 3. The van der Waals surface area contributed by atoms with E-state index >= 15 is 0 Å². The van der Waals surface area contributed by atoms with Gasteiger partial charge in [-0.3, -0.25) is 4.79 Å². The molecule has 0 aliphatic carbocycles. The highest BCUT2D eigenvalue weighted by molar-refractivity contribution is 8.76. The summed E-state index contributed by atoms with van der Waals surface area (Å²) in [5.41, 5.74) is 0. The second-order valence-electron chi connectivity index (χ2n) is 2.14. The average Bonchev–Trinajstić information content (AvgIpc) is 1.96. The second kappa shape index (κ2) is 8.27. The van der Waals surface area contributed by atoms with Gasteiger partial charge >= 0.3 is 5.97 Å². The van der Waals surface area contributed by atoms with Crippen LogP contribution in [-0.4, -0.2) is 22.6 Å². The van der Waals surface area contributed by atoms with Crippen molar-refractivity contribution in [3.63, 3.8) is 0 Å². The van der Waals surface area contributed by atoms with Crippen molar-refractivity contribution in [1.82, 2.24) is 0 Å². The standard InChI is InChI=1S/C7H14O2S2/c1-2-3-5-10-11-6-4-7(8)9/h2-6H2,1H3,(H,8,9). The Morgan fingerprint density at radius 3 is 2.55 bits per heavy atom. The van der Waals surface area contributed by atoms with Crippen LogP contribution in [0, 0.1) is 0 Å². The van der Waals surface area contributed by atoms with E-state index in [9.17, 15) is 4.79 Å². The largest absolute Gasteiger partial charge is 0.481 e. The molecule has 11 heavy (non-hydrogen) atoms. The van der Waals surface area contributed by atoms with Gasteiger partial charge in [0, 0.05) is 11.5 Å². The van der Waals surface area contributed by atoms with Crippen molar-refractivity contribution in [2.45, 2.75) is 26.2 Å². The Morgan fingerprint density at radius 1 is 1.36 bits per heavy atom. The molecule has 0 unspecified atom stereocenters. The van der Waals surface area contributed by atoms with E-state index in [1.54, 1.807) is 21.6 Å². The van der Waals surface area contributed by atoms with Gasteiger partial charge in [-0.15, -0.1) is 0 Å².